The van der Waals surface area contributed by atoms with E-state index in [0.29, 0.717) is 0 Å². The van der Waals surface area contributed by atoms with Gasteiger partial charge in [-0.25, -0.2) is 4.79 Å². The first kappa shape index (κ1) is 16.9. The van der Waals surface area contributed by atoms with E-state index in [4.69, 9.17) is 9.84 Å². The molecule has 2 saturated heterocycles. The lowest BCUT2D eigenvalue weighted by Crippen LogP contribution is -2.42. The molecule has 2 aliphatic rings. The minimum atomic E-state index is -4.64. The van der Waals surface area contributed by atoms with Gasteiger partial charge in [-0.3, -0.25) is 4.79 Å². The van der Waals surface area contributed by atoms with Crippen molar-refractivity contribution in [2.75, 3.05) is 19.6 Å². The van der Waals surface area contributed by atoms with Gasteiger partial charge in [0.25, 0.3) is 0 Å². The molecule has 2 unspecified atom stereocenters. The molecule has 9 heteroatoms. The molecule has 2 amide bonds. The van der Waals surface area contributed by atoms with Crippen molar-refractivity contribution in [1.29, 1.82) is 0 Å². The summed E-state index contributed by atoms with van der Waals surface area (Å²) in [6, 6.07) is -0.679. The van der Waals surface area contributed by atoms with Gasteiger partial charge < -0.3 is 20.1 Å². The maximum atomic E-state index is 12.8. The van der Waals surface area contributed by atoms with Crippen LogP contribution in [0.4, 0.5) is 18.0 Å². The zero-order chi connectivity index (χ0) is 16.5. The van der Waals surface area contributed by atoms with Crippen LogP contribution in [0, 0.1) is 11.8 Å². The van der Waals surface area contributed by atoms with Crippen LogP contribution in [0.1, 0.15) is 19.8 Å². The first-order valence-corrected chi connectivity index (χ1v) is 7.16. The summed E-state index contributed by atoms with van der Waals surface area (Å²) in [5.41, 5.74) is 0. The fraction of sp³-hybridized carbons (Fsp3) is 0.846. The first-order chi connectivity index (χ1) is 10.2. The number of carbonyl (C=O) groups is 2. The van der Waals surface area contributed by atoms with E-state index >= 15 is 0 Å². The number of carboxylic acid groups (broad SMARTS) is 1. The van der Waals surface area contributed by atoms with Crippen LogP contribution >= 0.6 is 0 Å². The molecule has 6 nitrogen and oxygen atoms in total. The lowest BCUT2D eigenvalue weighted by molar-refractivity contribution is -0.187. The third-order valence-corrected chi connectivity index (χ3v) is 4.15. The highest BCUT2D eigenvalue weighted by molar-refractivity contribution is 5.77. The van der Waals surface area contributed by atoms with Gasteiger partial charge in [0.2, 0.25) is 0 Å². The minimum absolute atomic E-state index is 0.111. The molecule has 4 atom stereocenters. The number of amides is 2. The number of rotatable bonds is 3. The highest BCUT2D eigenvalue weighted by atomic mass is 19.4. The SMILES string of the molecule is CC1CCC(CNC(=O)N2C[C@@H](C(F)(F)F)[C@H](C(=O)O)C2)O1. The standard InChI is InChI=1S/C13H19F3N2O4/c1-7-2-3-8(22-7)4-17-12(21)18-5-9(11(19)20)10(6-18)13(14,15)16/h7-10H,2-6H2,1H3,(H,17,21)(H,19,20)/t7?,8?,9-,10-/m1/s1. The van der Waals surface area contributed by atoms with Gasteiger partial charge >= 0.3 is 18.2 Å². The molecule has 126 valence electrons. The predicted molar refractivity (Wildman–Crippen MR) is 69.2 cm³/mol. The molecule has 2 aliphatic heterocycles. The molecule has 0 radical (unpaired) electrons. The molecule has 2 fully saturated rings. The molecule has 0 bridgehead atoms. The molecule has 0 aliphatic carbocycles. The molecule has 2 heterocycles. The van der Waals surface area contributed by atoms with E-state index in [-0.39, 0.29) is 18.8 Å². The van der Waals surface area contributed by atoms with Gasteiger partial charge in [0.15, 0.2) is 0 Å². The van der Waals surface area contributed by atoms with Gasteiger partial charge in [-0.15, -0.1) is 0 Å². The van der Waals surface area contributed by atoms with E-state index in [2.05, 4.69) is 5.32 Å². The van der Waals surface area contributed by atoms with Crippen molar-refractivity contribution in [2.45, 2.75) is 38.1 Å². The van der Waals surface area contributed by atoms with Crippen molar-refractivity contribution < 1.29 is 32.6 Å². The second-order valence-electron chi connectivity index (χ2n) is 5.83. The van der Waals surface area contributed by atoms with Crippen LogP contribution in [-0.2, 0) is 9.53 Å². The number of ether oxygens (including phenoxy) is 1. The predicted octanol–water partition coefficient (Wildman–Crippen LogP) is 1.46. The Morgan fingerprint density at radius 3 is 2.45 bits per heavy atom. The van der Waals surface area contributed by atoms with Crippen molar-refractivity contribution in [3.8, 4) is 0 Å². The zero-order valence-electron chi connectivity index (χ0n) is 12.1. The molecule has 0 aromatic carbocycles. The number of nitrogens with one attached hydrogen (secondary N) is 1. The molecule has 2 N–H and O–H groups in total. The van der Waals surface area contributed by atoms with Crippen LogP contribution in [0.25, 0.3) is 0 Å². The fourth-order valence-electron chi connectivity index (χ4n) is 2.90. The van der Waals surface area contributed by atoms with E-state index in [1.807, 2.05) is 6.92 Å². The molecule has 0 spiro atoms. The van der Waals surface area contributed by atoms with Crippen molar-refractivity contribution >= 4 is 12.0 Å². The summed E-state index contributed by atoms with van der Waals surface area (Å²) in [7, 11) is 0. The second-order valence-corrected chi connectivity index (χ2v) is 5.83. The lowest BCUT2D eigenvalue weighted by Gasteiger charge is -2.20. The van der Waals surface area contributed by atoms with Gasteiger partial charge in [-0.05, 0) is 19.8 Å². The Morgan fingerprint density at radius 2 is 2.00 bits per heavy atom. The van der Waals surface area contributed by atoms with Crippen molar-refractivity contribution in [2.24, 2.45) is 11.8 Å². The molecule has 0 aromatic rings. The number of hydrogen-bond donors (Lipinski definition) is 2. The monoisotopic (exact) mass is 324 g/mol. The average molecular weight is 324 g/mol. The Bertz CT molecular complexity index is 443. The molecular formula is C13H19F3N2O4. The quantitative estimate of drug-likeness (QED) is 0.824. The second kappa shape index (κ2) is 6.31. The Kier molecular flexibility index (Phi) is 4.84. The van der Waals surface area contributed by atoms with Gasteiger partial charge in [0, 0.05) is 19.6 Å². The largest absolute Gasteiger partial charge is 0.481 e. The first-order valence-electron chi connectivity index (χ1n) is 7.16. The molecular weight excluding hydrogens is 305 g/mol. The van der Waals surface area contributed by atoms with Crippen molar-refractivity contribution in [3.63, 3.8) is 0 Å². The Balaban J connectivity index is 1.89. The highest BCUT2D eigenvalue weighted by Crippen LogP contribution is 2.37. The molecule has 0 aromatic heterocycles. The number of nitrogens with zero attached hydrogens (tertiary/aromatic N) is 1. The van der Waals surface area contributed by atoms with Crippen molar-refractivity contribution in [1.82, 2.24) is 10.2 Å². The van der Waals surface area contributed by atoms with E-state index < -0.39 is 43.1 Å². The lowest BCUT2D eigenvalue weighted by atomic mass is 9.96. The summed E-state index contributed by atoms with van der Waals surface area (Å²) >= 11 is 0. The number of urea groups is 1. The number of aliphatic carboxylic acids is 1. The van der Waals surface area contributed by atoms with Crippen LogP contribution in [0.15, 0.2) is 0 Å². The van der Waals surface area contributed by atoms with Gasteiger partial charge in [-0.1, -0.05) is 0 Å². The third-order valence-electron chi connectivity index (χ3n) is 4.15. The molecule has 22 heavy (non-hydrogen) atoms. The maximum Gasteiger partial charge on any atom is 0.394 e. The summed E-state index contributed by atoms with van der Waals surface area (Å²) in [5.74, 6) is -5.18. The molecule has 0 saturated carbocycles. The summed E-state index contributed by atoms with van der Waals surface area (Å²) in [4.78, 5) is 23.8. The number of hydrogen-bond acceptors (Lipinski definition) is 3. The van der Waals surface area contributed by atoms with E-state index in [1.165, 1.54) is 0 Å². The zero-order valence-corrected chi connectivity index (χ0v) is 12.1. The topological polar surface area (TPSA) is 78.9 Å². The number of halogens is 3. The summed E-state index contributed by atoms with van der Waals surface area (Å²) in [5, 5.41) is 11.4. The Hall–Kier alpha value is -1.51. The van der Waals surface area contributed by atoms with Gasteiger partial charge in [0.05, 0.1) is 24.0 Å². The molecule has 2 rings (SSSR count). The Labute approximate surface area is 125 Å². The number of likely N-dealkylation sites (tertiary alicyclic amines) is 1. The van der Waals surface area contributed by atoms with E-state index in [0.717, 1.165) is 17.7 Å². The number of carboxylic acids is 1. The van der Waals surface area contributed by atoms with Gasteiger partial charge in [0.1, 0.15) is 0 Å². The van der Waals surface area contributed by atoms with Crippen LogP contribution in [0.5, 0.6) is 0 Å². The van der Waals surface area contributed by atoms with Crippen molar-refractivity contribution in [3.05, 3.63) is 0 Å². The summed E-state index contributed by atoms with van der Waals surface area (Å²) in [6.45, 7) is 1.06. The van der Waals surface area contributed by atoms with Crippen LogP contribution in [0.2, 0.25) is 0 Å². The highest BCUT2D eigenvalue weighted by Gasteiger charge is 2.53. The summed E-state index contributed by atoms with van der Waals surface area (Å²) in [6.07, 6.45) is -3.01. The normalized spacial score (nSPS) is 32.3. The van der Waals surface area contributed by atoms with Crippen LogP contribution in [0.3, 0.4) is 0 Å². The smallest absolute Gasteiger partial charge is 0.394 e. The minimum Gasteiger partial charge on any atom is -0.481 e. The van der Waals surface area contributed by atoms with E-state index in [1.54, 1.807) is 0 Å². The summed E-state index contributed by atoms with van der Waals surface area (Å²) < 4.78 is 44.0. The fourth-order valence-corrected chi connectivity index (χ4v) is 2.90. The maximum absolute atomic E-state index is 12.8. The average Bonchev–Trinajstić information content (AvgIpc) is 3.01. The van der Waals surface area contributed by atoms with Crippen LogP contribution < -0.4 is 5.32 Å². The van der Waals surface area contributed by atoms with Gasteiger partial charge in [-0.2, -0.15) is 13.2 Å². The Morgan fingerprint density at radius 1 is 1.32 bits per heavy atom. The number of alkyl halides is 3. The van der Waals surface area contributed by atoms with Crippen LogP contribution in [-0.4, -0.2) is 60.0 Å². The number of carbonyl (C=O) groups excluding carboxylic acids is 1. The third kappa shape index (κ3) is 3.82. The van der Waals surface area contributed by atoms with E-state index in [9.17, 15) is 22.8 Å².